The molecule has 0 spiro atoms. The lowest BCUT2D eigenvalue weighted by Crippen LogP contribution is -2.40. The lowest BCUT2D eigenvalue weighted by atomic mass is 10.2. The summed E-state index contributed by atoms with van der Waals surface area (Å²) in [6, 6.07) is 7.34. The van der Waals surface area contributed by atoms with Gasteiger partial charge in [0.05, 0.1) is 6.54 Å². The van der Waals surface area contributed by atoms with E-state index in [1.807, 2.05) is 12.1 Å². The highest BCUT2D eigenvalue weighted by Gasteiger charge is 2.00. The molecule has 0 fully saturated rings. The van der Waals surface area contributed by atoms with E-state index in [9.17, 15) is 0 Å². The summed E-state index contributed by atoms with van der Waals surface area (Å²) in [7, 11) is 0. The largest absolute Gasteiger partial charge is 0.375 e. The fraction of sp³-hybridized carbons (Fsp3) is 0.125. The monoisotopic (exact) mass is 215 g/mol. The van der Waals surface area contributed by atoms with Gasteiger partial charge in [-0.15, -0.1) is 0 Å². The maximum Gasteiger partial charge on any atom is 0.180 e. The molecule has 0 aliphatic rings. The standard InChI is InChI=1S/C8H10ClN3S/c9-7-3-1-6(2-4-7)5-12(11)8(10)13/h1-4H,5,11H2,(H2,10,13). The summed E-state index contributed by atoms with van der Waals surface area (Å²) in [4.78, 5) is 0. The highest BCUT2D eigenvalue weighted by molar-refractivity contribution is 7.80. The molecule has 0 amide bonds. The summed E-state index contributed by atoms with van der Waals surface area (Å²) < 4.78 is 0. The SMILES string of the molecule is NC(=S)N(N)Cc1ccc(Cl)cc1. The third-order valence-corrected chi connectivity index (χ3v) is 2.04. The van der Waals surface area contributed by atoms with E-state index in [2.05, 4.69) is 0 Å². The average molecular weight is 216 g/mol. The van der Waals surface area contributed by atoms with E-state index in [4.69, 9.17) is 35.4 Å². The molecule has 3 nitrogen and oxygen atoms in total. The van der Waals surface area contributed by atoms with Crippen LogP contribution in [0.1, 0.15) is 5.56 Å². The molecule has 5 heteroatoms. The van der Waals surface area contributed by atoms with E-state index in [1.54, 1.807) is 12.1 Å². The number of rotatable bonds is 2. The fourth-order valence-electron chi connectivity index (χ4n) is 0.864. The third-order valence-electron chi connectivity index (χ3n) is 1.55. The van der Waals surface area contributed by atoms with E-state index in [1.165, 1.54) is 5.01 Å². The van der Waals surface area contributed by atoms with Crippen LogP contribution in [0.3, 0.4) is 0 Å². The summed E-state index contributed by atoms with van der Waals surface area (Å²) in [5.74, 6) is 5.52. The van der Waals surface area contributed by atoms with Crippen molar-refractivity contribution in [1.82, 2.24) is 5.01 Å². The third kappa shape index (κ3) is 3.18. The Kier molecular flexibility index (Phi) is 3.48. The van der Waals surface area contributed by atoms with Crippen molar-refractivity contribution < 1.29 is 0 Å². The number of nitrogens with zero attached hydrogens (tertiary/aromatic N) is 1. The molecule has 1 aromatic rings. The molecular weight excluding hydrogens is 206 g/mol. The molecule has 0 heterocycles. The van der Waals surface area contributed by atoms with Gasteiger partial charge in [-0.25, -0.2) is 5.84 Å². The van der Waals surface area contributed by atoms with Gasteiger partial charge < -0.3 is 5.73 Å². The van der Waals surface area contributed by atoms with Crippen molar-refractivity contribution in [2.75, 3.05) is 0 Å². The molecule has 1 aromatic carbocycles. The molecule has 0 atom stereocenters. The Morgan fingerprint density at radius 1 is 1.38 bits per heavy atom. The van der Waals surface area contributed by atoms with Crippen molar-refractivity contribution in [2.45, 2.75) is 6.54 Å². The van der Waals surface area contributed by atoms with Crippen LogP contribution in [0.4, 0.5) is 0 Å². The second-order valence-corrected chi connectivity index (χ2v) is 3.45. The van der Waals surface area contributed by atoms with Crippen molar-refractivity contribution in [3.05, 3.63) is 34.9 Å². The molecule has 0 aliphatic carbocycles. The van der Waals surface area contributed by atoms with Gasteiger partial charge in [-0.2, -0.15) is 0 Å². The summed E-state index contributed by atoms with van der Waals surface area (Å²) in [6.45, 7) is 0.493. The summed E-state index contributed by atoms with van der Waals surface area (Å²) in [5, 5.41) is 2.18. The maximum atomic E-state index is 5.72. The van der Waals surface area contributed by atoms with Crippen LogP contribution in [0.15, 0.2) is 24.3 Å². The van der Waals surface area contributed by atoms with Crippen LogP contribution >= 0.6 is 23.8 Å². The number of hydrogen-bond acceptors (Lipinski definition) is 2. The zero-order valence-electron chi connectivity index (χ0n) is 6.90. The topological polar surface area (TPSA) is 55.3 Å². The second kappa shape index (κ2) is 4.41. The molecule has 0 aliphatic heterocycles. The molecule has 0 aromatic heterocycles. The van der Waals surface area contributed by atoms with Gasteiger partial charge in [0.1, 0.15) is 0 Å². The van der Waals surface area contributed by atoms with Crippen molar-refractivity contribution in [2.24, 2.45) is 11.6 Å². The number of benzene rings is 1. The minimum Gasteiger partial charge on any atom is -0.375 e. The quantitative estimate of drug-likeness (QED) is 0.443. The Balaban J connectivity index is 2.64. The van der Waals surface area contributed by atoms with Crippen LogP contribution in [0.5, 0.6) is 0 Å². The summed E-state index contributed by atoms with van der Waals surface area (Å²) in [6.07, 6.45) is 0. The zero-order chi connectivity index (χ0) is 9.84. The number of thiocarbonyl (C=S) groups is 1. The smallest absolute Gasteiger partial charge is 0.180 e. The molecule has 13 heavy (non-hydrogen) atoms. The Labute approximate surface area is 87.2 Å². The highest BCUT2D eigenvalue weighted by Crippen LogP contribution is 2.10. The van der Waals surface area contributed by atoms with Crippen LogP contribution in [0.25, 0.3) is 0 Å². The Bertz CT molecular complexity index is 299. The number of nitrogens with two attached hydrogens (primary N) is 2. The van der Waals surface area contributed by atoms with Crippen molar-refractivity contribution in [1.29, 1.82) is 0 Å². The van der Waals surface area contributed by atoms with E-state index < -0.39 is 0 Å². The second-order valence-electron chi connectivity index (χ2n) is 2.59. The number of hydrogen-bond donors (Lipinski definition) is 2. The minimum atomic E-state index is 0.176. The molecule has 0 bridgehead atoms. The lowest BCUT2D eigenvalue weighted by Gasteiger charge is -2.15. The first-order valence-corrected chi connectivity index (χ1v) is 4.44. The summed E-state index contributed by atoms with van der Waals surface area (Å²) in [5.41, 5.74) is 6.33. The first-order valence-electron chi connectivity index (χ1n) is 3.65. The molecule has 70 valence electrons. The Morgan fingerprint density at radius 2 is 1.92 bits per heavy atom. The maximum absolute atomic E-state index is 5.72. The van der Waals surface area contributed by atoms with Crippen LogP contribution in [-0.4, -0.2) is 10.1 Å². The molecular formula is C8H10ClN3S. The first kappa shape index (κ1) is 10.2. The molecule has 1 rings (SSSR count). The molecule has 0 radical (unpaired) electrons. The van der Waals surface area contributed by atoms with E-state index in [0.29, 0.717) is 11.6 Å². The van der Waals surface area contributed by atoms with Crippen molar-refractivity contribution >= 4 is 28.9 Å². The van der Waals surface area contributed by atoms with Gasteiger partial charge >= 0.3 is 0 Å². The molecule has 0 unspecified atom stereocenters. The zero-order valence-corrected chi connectivity index (χ0v) is 8.48. The highest BCUT2D eigenvalue weighted by atomic mass is 35.5. The van der Waals surface area contributed by atoms with Crippen molar-refractivity contribution in [3.8, 4) is 0 Å². The number of halogens is 1. The van der Waals surface area contributed by atoms with Crippen LogP contribution in [0, 0.1) is 0 Å². The van der Waals surface area contributed by atoms with Gasteiger partial charge in [0.15, 0.2) is 5.11 Å². The molecule has 0 saturated heterocycles. The lowest BCUT2D eigenvalue weighted by molar-refractivity contribution is 0.437. The van der Waals surface area contributed by atoms with Gasteiger partial charge in [-0.1, -0.05) is 23.7 Å². The first-order chi connectivity index (χ1) is 6.09. The Hall–Kier alpha value is -0.840. The molecule has 0 saturated carbocycles. The van der Waals surface area contributed by atoms with Crippen molar-refractivity contribution in [3.63, 3.8) is 0 Å². The number of hydrazine groups is 1. The van der Waals surface area contributed by atoms with Crippen LogP contribution in [0.2, 0.25) is 5.02 Å². The minimum absolute atomic E-state index is 0.176. The van der Waals surface area contributed by atoms with Crippen LogP contribution in [-0.2, 0) is 6.54 Å². The predicted octanol–water partition coefficient (Wildman–Crippen LogP) is 1.26. The Morgan fingerprint density at radius 3 is 2.38 bits per heavy atom. The molecule has 4 N–H and O–H groups in total. The van der Waals surface area contributed by atoms with Gasteiger partial charge in [-0.3, -0.25) is 5.01 Å². The van der Waals surface area contributed by atoms with E-state index in [-0.39, 0.29) is 5.11 Å². The fourth-order valence-corrected chi connectivity index (χ4v) is 1.05. The van der Waals surface area contributed by atoms with Gasteiger partial charge in [0, 0.05) is 5.02 Å². The van der Waals surface area contributed by atoms with Gasteiger partial charge in [0.2, 0.25) is 0 Å². The predicted molar refractivity (Wildman–Crippen MR) is 58.0 cm³/mol. The van der Waals surface area contributed by atoms with Gasteiger partial charge in [-0.05, 0) is 29.9 Å². The van der Waals surface area contributed by atoms with E-state index >= 15 is 0 Å². The summed E-state index contributed by atoms with van der Waals surface area (Å²) >= 11 is 10.4. The van der Waals surface area contributed by atoms with Gasteiger partial charge in [0.25, 0.3) is 0 Å². The average Bonchev–Trinajstić information content (AvgIpc) is 2.08. The van der Waals surface area contributed by atoms with Crippen LogP contribution < -0.4 is 11.6 Å². The van der Waals surface area contributed by atoms with E-state index in [0.717, 1.165) is 5.56 Å². The normalized spacial score (nSPS) is 9.69.